The molecule has 0 aliphatic carbocycles. The Bertz CT molecular complexity index is 324. The third-order valence-corrected chi connectivity index (χ3v) is 2.88. The molecule has 0 radical (unpaired) electrons. The highest BCUT2D eigenvalue weighted by Gasteiger charge is 2.20. The maximum absolute atomic E-state index is 4.77. The summed E-state index contributed by atoms with van der Waals surface area (Å²) in [6.07, 6.45) is 2.37. The first-order valence-electron chi connectivity index (χ1n) is 5.39. The monoisotopic (exact) mass is 187 g/mol. The SMILES string of the molecule is CC(C)[C@H]1CCC(c2ccccc2)=N1. The van der Waals surface area contributed by atoms with Crippen molar-refractivity contribution >= 4 is 5.71 Å². The molecule has 1 aromatic carbocycles. The van der Waals surface area contributed by atoms with Gasteiger partial charge in [-0.25, -0.2) is 0 Å². The largest absolute Gasteiger partial charge is 0.286 e. The van der Waals surface area contributed by atoms with E-state index in [0.29, 0.717) is 12.0 Å². The van der Waals surface area contributed by atoms with Crippen molar-refractivity contribution in [3.05, 3.63) is 35.9 Å². The van der Waals surface area contributed by atoms with E-state index >= 15 is 0 Å². The van der Waals surface area contributed by atoms with Crippen LogP contribution in [0.1, 0.15) is 32.3 Å². The molecule has 14 heavy (non-hydrogen) atoms. The van der Waals surface area contributed by atoms with Crippen LogP contribution < -0.4 is 0 Å². The van der Waals surface area contributed by atoms with Crippen LogP contribution in [-0.4, -0.2) is 11.8 Å². The molecular formula is C13H17N. The molecule has 1 aliphatic heterocycles. The molecule has 0 fully saturated rings. The molecule has 1 heterocycles. The van der Waals surface area contributed by atoms with E-state index in [0.717, 1.165) is 6.42 Å². The molecule has 0 N–H and O–H groups in total. The van der Waals surface area contributed by atoms with Gasteiger partial charge in [0.1, 0.15) is 0 Å². The Morgan fingerprint density at radius 1 is 1.21 bits per heavy atom. The first kappa shape index (κ1) is 9.45. The lowest BCUT2D eigenvalue weighted by Crippen LogP contribution is -2.07. The van der Waals surface area contributed by atoms with Gasteiger partial charge in [-0.15, -0.1) is 0 Å². The van der Waals surface area contributed by atoms with Crippen LogP contribution in [0, 0.1) is 5.92 Å². The fourth-order valence-electron chi connectivity index (χ4n) is 1.95. The predicted molar refractivity (Wildman–Crippen MR) is 60.8 cm³/mol. The lowest BCUT2D eigenvalue weighted by molar-refractivity contribution is 0.494. The number of benzene rings is 1. The zero-order valence-corrected chi connectivity index (χ0v) is 8.90. The maximum atomic E-state index is 4.77. The maximum Gasteiger partial charge on any atom is 0.0529 e. The van der Waals surface area contributed by atoms with Gasteiger partial charge in [-0.1, -0.05) is 44.2 Å². The Balaban J connectivity index is 2.18. The van der Waals surface area contributed by atoms with Gasteiger partial charge in [0.15, 0.2) is 0 Å². The van der Waals surface area contributed by atoms with Crippen molar-refractivity contribution in [1.82, 2.24) is 0 Å². The van der Waals surface area contributed by atoms with Gasteiger partial charge >= 0.3 is 0 Å². The Hall–Kier alpha value is -1.11. The average molecular weight is 187 g/mol. The summed E-state index contributed by atoms with van der Waals surface area (Å²) < 4.78 is 0. The second kappa shape index (κ2) is 3.95. The van der Waals surface area contributed by atoms with Crippen LogP contribution >= 0.6 is 0 Å². The van der Waals surface area contributed by atoms with Crippen molar-refractivity contribution < 1.29 is 0 Å². The second-order valence-electron chi connectivity index (χ2n) is 4.29. The molecule has 1 aromatic rings. The number of rotatable bonds is 2. The van der Waals surface area contributed by atoms with Crippen LogP contribution in [0.2, 0.25) is 0 Å². The Morgan fingerprint density at radius 2 is 1.93 bits per heavy atom. The molecule has 1 nitrogen and oxygen atoms in total. The Morgan fingerprint density at radius 3 is 2.50 bits per heavy atom. The minimum atomic E-state index is 0.546. The van der Waals surface area contributed by atoms with Crippen LogP contribution in [0.15, 0.2) is 35.3 Å². The molecule has 2 rings (SSSR count). The molecule has 1 atom stereocenters. The number of nitrogens with zero attached hydrogens (tertiary/aromatic N) is 1. The van der Waals surface area contributed by atoms with E-state index in [9.17, 15) is 0 Å². The van der Waals surface area contributed by atoms with Crippen molar-refractivity contribution in [2.75, 3.05) is 0 Å². The molecule has 0 bridgehead atoms. The van der Waals surface area contributed by atoms with Crippen molar-refractivity contribution in [2.24, 2.45) is 10.9 Å². The van der Waals surface area contributed by atoms with E-state index in [1.165, 1.54) is 17.7 Å². The standard InChI is InChI=1S/C13H17N/c1-10(2)12-8-9-13(14-12)11-6-4-3-5-7-11/h3-7,10,12H,8-9H2,1-2H3/t12-/m1/s1. The molecule has 74 valence electrons. The molecular weight excluding hydrogens is 170 g/mol. The zero-order valence-electron chi connectivity index (χ0n) is 8.90. The molecule has 0 spiro atoms. The van der Waals surface area contributed by atoms with Crippen molar-refractivity contribution in [3.63, 3.8) is 0 Å². The molecule has 1 heteroatoms. The van der Waals surface area contributed by atoms with Crippen molar-refractivity contribution in [2.45, 2.75) is 32.7 Å². The third-order valence-electron chi connectivity index (χ3n) is 2.88. The minimum absolute atomic E-state index is 0.546. The van der Waals surface area contributed by atoms with Gasteiger partial charge in [-0.05, 0) is 24.3 Å². The number of hydrogen-bond donors (Lipinski definition) is 0. The highest BCUT2D eigenvalue weighted by molar-refractivity contribution is 6.01. The van der Waals surface area contributed by atoms with Gasteiger partial charge < -0.3 is 0 Å². The van der Waals surface area contributed by atoms with Gasteiger partial charge in [0.05, 0.1) is 6.04 Å². The molecule has 1 aliphatic rings. The summed E-state index contributed by atoms with van der Waals surface area (Å²) in [5, 5.41) is 0. The van der Waals surface area contributed by atoms with Crippen LogP contribution in [0.4, 0.5) is 0 Å². The second-order valence-corrected chi connectivity index (χ2v) is 4.29. The summed E-state index contributed by atoms with van der Waals surface area (Å²) in [5.41, 5.74) is 2.60. The Labute approximate surface area is 85.9 Å². The van der Waals surface area contributed by atoms with E-state index in [1.807, 2.05) is 0 Å². The van der Waals surface area contributed by atoms with E-state index in [1.54, 1.807) is 0 Å². The number of hydrogen-bond acceptors (Lipinski definition) is 1. The molecule has 0 unspecified atom stereocenters. The van der Waals surface area contributed by atoms with E-state index in [2.05, 4.69) is 44.2 Å². The van der Waals surface area contributed by atoms with E-state index in [4.69, 9.17) is 4.99 Å². The fraction of sp³-hybridized carbons (Fsp3) is 0.462. The molecule has 0 aromatic heterocycles. The summed E-state index contributed by atoms with van der Waals surface area (Å²) in [5.74, 6) is 0.677. The highest BCUT2D eigenvalue weighted by Crippen LogP contribution is 2.23. The van der Waals surface area contributed by atoms with Crippen LogP contribution in [-0.2, 0) is 0 Å². The van der Waals surface area contributed by atoms with E-state index < -0.39 is 0 Å². The number of aliphatic imine (C=N–C) groups is 1. The summed E-state index contributed by atoms with van der Waals surface area (Å²) in [7, 11) is 0. The smallest absolute Gasteiger partial charge is 0.0529 e. The lowest BCUT2D eigenvalue weighted by Gasteiger charge is -2.08. The Kier molecular flexibility index (Phi) is 2.67. The van der Waals surface area contributed by atoms with Crippen LogP contribution in [0.25, 0.3) is 0 Å². The van der Waals surface area contributed by atoms with Gasteiger partial charge in [0, 0.05) is 5.71 Å². The highest BCUT2D eigenvalue weighted by atomic mass is 14.8. The summed E-state index contributed by atoms with van der Waals surface area (Å²) in [6.45, 7) is 4.50. The van der Waals surface area contributed by atoms with Gasteiger partial charge in [-0.2, -0.15) is 0 Å². The first-order chi connectivity index (χ1) is 6.77. The van der Waals surface area contributed by atoms with Gasteiger partial charge in [0.25, 0.3) is 0 Å². The molecule has 0 saturated carbocycles. The topological polar surface area (TPSA) is 12.4 Å². The average Bonchev–Trinajstić information content (AvgIpc) is 2.68. The fourth-order valence-corrected chi connectivity index (χ4v) is 1.95. The van der Waals surface area contributed by atoms with Gasteiger partial charge in [-0.3, -0.25) is 4.99 Å². The van der Waals surface area contributed by atoms with Crippen LogP contribution in [0.3, 0.4) is 0 Å². The van der Waals surface area contributed by atoms with Gasteiger partial charge in [0.2, 0.25) is 0 Å². The zero-order chi connectivity index (χ0) is 9.97. The predicted octanol–water partition coefficient (Wildman–Crippen LogP) is 3.29. The van der Waals surface area contributed by atoms with Crippen LogP contribution in [0.5, 0.6) is 0 Å². The summed E-state index contributed by atoms with van der Waals surface area (Å²) in [4.78, 5) is 4.77. The molecule has 0 saturated heterocycles. The normalized spacial score (nSPS) is 21.4. The summed E-state index contributed by atoms with van der Waals surface area (Å²) >= 11 is 0. The summed E-state index contributed by atoms with van der Waals surface area (Å²) in [6, 6.07) is 11.1. The van der Waals surface area contributed by atoms with Crippen molar-refractivity contribution in [1.29, 1.82) is 0 Å². The van der Waals surface area contributed by atoms with Crippen molar-refractivity contribution in [3.8, 4) is 0 Å². The minimum Gasteiger partial charge on any atom is -0.286 e. The quantitative estimate of drug-likeness (QED) is 0.673. The molecule has 0 amide bonds. The first-order valence-corrected chi connectivity index (χ1v) is 5.39. The third kappa shape index (κ3) is 1.87. The lowest BCUT2D eigenvalue weighted by atomic mass is 10.0. The van der Waals surface area contributed by atoms with E-state index in [-0.39, 0.29) is 0 Å².